The lowest BCUT2D eigenvalue weighted by atomic mass is 10.2. The van der Waals surface area contributed by atoms with Crippen LogP contribution in [0.4, 0.5) is 11.5 Å². The molecule has 0 bridgehead atoms. The smallest absolute Gasteiger partial charge is 0.135 e. The van der Waals surface area contributed by atoms with Crippen LogP contribution in [0.1, 0.15) is 18.7 Å². The van der Waals surface area contributed by atoms with Crippen molar-refractivity contribution in [2.45, 2.75) is 19.3 Å². The van der Waals surface area contributed by atoms with Crippen molar-refractivity contribution in [3.05, 3.63) is 40.3 Å². The van der Waals surface area contributed by atoms with E-state index in [0.717, 1.165) is 23.7 Å². The van der Waals surface area contributed by atoms with Crippen LogP contribution in [-0.2, 0) is 6.42 Å². The van der Waals surface area contributed by atoms with Gasteiger partial charge in [0.1, 0.15) is 22.5 Å². The fraction of sp³-hybridized carbons (Fsp3) is 0.333. The highest BCUT2D eigenvalue weighted by Crippen LogP contribution is 2.33. The summed E-state index contributed by atoms with van der Waals surface area (Å²) in [7, 11) is 1.61. The molecule has 1 heterocycles. The minimum atomic E-state index is 0.433. The summed E-state index contributed by atoms with van der Waals surface area (Å²) in [5.74, 6) is 2.84. The number of hydrogen-bond acceptors (Lipinski definition) is 4. The van der Waals surface area contributed by atoms with E-state index in [0.29, 0.717) is 21.9 Å². The quantitative estimate of drug-likeness (QED) is 0.823. The summed E-state index contributed by atoms with van der Waals surface area (Å²) in [6, 6.07) is 7.09. The van der Waals surface area contributed by atoms with Gasteiger partial charge in [0, 0.05) is 18.6 Å². The van der Waals surface area contributed by atoms with Crippen LogP contribution >= 0.6 is 23.2 Å². The van der Waals surface area contributed by atoms with E-state index in [4.69, 9.17) is 27.9 Å². The molecular weight excluding hydrogens is 309 g/mol. The first kappa shape index (κ1) is 14.4. The summed E-state index contributed by atoms with van der Waals surface area (Å²) in [6.07, 6.45) is 3.38. The van der Waals surface area contributed by atoms with Crippen molar-refractivity contribution in [1.82, 2.24) is 9.97 Å². The van der Waals surface area contributed by atoms with Crippen LogP contribution in [0.3, 0.4) is 0 Å². The lowest BCUT2D eigenvalue weighted by molar-refractivity contribution is 0.415. The SMILES string of the molecule is COc1ccc(Cl)c(Nc2cc(Cl)nc(CC3CC3)n2)c1. The van der Waals surface area contributed by atoms with Crippen LogP contribution in [0.2, 0.25) is 10.2 Å². The zero-order valence-electron chi connectivity index (χ0n) is 11.6. The van der Waals surface area contributed by atoms with Crippen molar-refractivity contribution < 1.29 is 4.74 Å². The standard InChI is InChI=1S/C15H15Cl2N3O/c1-21-10-4-5-11(16)12(7-10)18-15-8-13(17)19-14(20-15)6-9-2-3-9/h4-5,7-9H,2-3,6H2,1H3,(H,18,19,20). The Morgan fingerprint density at radius 2 is 2.05 bits per heavy atom. The zero-order chi connectivity index (χ0) is 14.8. The van der Waals surface area contributed by atoms with Crippen molar-refractivity contribution in [1.29, 1.82) is 0 Å². The second-order valence-electron chi connectivity index (χ2n) is 5.11. The lowest BCUT2D eigenvalue weighted by Crippen LogP contribution is -2.02. The summed E-state index contributed by atoms with van der Waals surface area (Å²) >= 11 is 12.3. The van der Waals surface area contributed by atoms with Gasteiger partial charge >= 0.3 is 0 Å². The second kappa shape index (κ2) is 6.08. The van der Waals surface area contributed by atoms with E-state index < -0.39 is 0 Å². The van der Waals surface area contributed by atoms with Crippen LogP contribution in [0, 0.1) is 5.92 Å². The molecule has 0 saturated heterocycles. The number of nitrogens with zero attached hydrogens (tertiary/aromatic N) is 2. The van der Waals surface area contributed by atoms with Gasteiger partial charge in [-0.1, -0.05) is 23.2 Å². The van der Waals surface area contributed by atoms with Crippen LogP contribution in [0.5, 0.6) is 5.75 Å². The third-order valence-electron chi connectivity index (χ3n) is 3.35. The Kier molecular flexibility index (Phi) is 4.17. The number of ether oxygens (including phenoxy) is 1. The summed E-state index contributed by atoms with van der Waals surface area (Å²) < 4.78 is 5.20. The molecule has 4 nitrogen and oxygen atoms in total. The number of anilines is 2. The van der Waals surface area contributed by atoms with Gasteiger partial charge in [0.15, 0.2) is 0 Å². The molecule has 1 saturated carbocycles. The Hall–Kier alpha value is -1.52. The molecule has 0 aliphatic heterocycles. The highest BCUT2D eigenvalue weighted by molar-refractivity contribution is 6.33. The molecular formula is C15H15Cl2N3O. The van der Waals surface area contributed by atoms with E-state index in [2.05, 4.69) is 15.3 Å². The molecule has 0 spiro atoms. The molecule has 1 N–H and O–H groups in total. The molecule has 3 rings (SSSR count). The van der Waals surface area contributed by atoms with Gasteiger partial charge in [-0.3, -0.25) is 0 Å². The van der Waals surface area contributed by atoms with Gasteiger partial charge in [0.05, 0.1) is 17.8 Å². The topological polar surface area (TPSA) is 47.0 Å². The molecule has 2 aromatic rings. The van der Waals surface area contributed by atoms with Gasteiger partial charge in [0.25, 0.3) is 0 Å². The normalized spacial score (nSPS) is 14.0. The molecule has 0 atom stereocenters. The fourth-order valence-electron chi connectivity index (χ4n) is 2.07. The Labute approximate surface area is 133 Å². The largest absolute Gasteiger partial charge is 0.497 e. The molecule has 1 fully saturated rings. The maximum absolute atomic E-state index is 6.18. The number of methoxy groups -OCH3 is 1. The van der Waals surface area contributed by atoms with E-state index in [1.807, 2.05) is 6.07 Å². The number of halogens is 2. The number of hydrogen-bond donors (Lipinski definition) is 1. The van der Waals surface area contributed by atoms with Crippen LogP contribution < -0.4 is 10.1 Å². The first-order chi connectivity index (χ1) is 10.1. The average Bonchev–Trinajstić information content (AvgIpc) is 3.24. The number of benzene rings is 1. The predicted octanol–water partition coefficient (Wildman–Crippen LogP) is 4.49. The Morgan fingerprint density at radius 3 is 2.76 bits per heavy atom. The first-order valence-electron chi connectivity index (χ1n) is 6.78. The average molecular weight is 324 g/mol. The van der Waals surface area contributed by atoms with Crippen molar-refractivity contribution in [2.24, 2.45) is 5.92 Å². The van der Waals surface area contributed by atoms with E-state index in [9.17, 15) is 0 Å². The van der Waals surface area contributed by atoms with Gasteiger partial charge in [-0.15, -0.1) is 0 Å². The summed E-state index contributed by atoms with van der Waals surface area (Å²) in [6.45, 7) is 0. The lowest BCUT2D eigenvalue weighted by Gasteiger charge is -2.10. The minimum absolute atomic E-state index is 0.433. The molecule has 1 aromatic heterocycles. The van der Waals surface area contributed by atoms with Crippen molar-refractivity contribution in [3.63, 3.8) is 0 Å². The van der Waals surface area contributed by atoms with E-state index in [1.54, 1.807) is 25.3 Å². The Balaban J connectivity index is 1.84. The number of aromatic nitrogens is 2. The molecule has 1 aliphatic rings. The highest BCUT2D eigenvalue weighted by atomic mass is 35.5. The van der Waals surface area contributed by atoms with Crippen molar-refractivity contribution >= 4 is 34.7 Å². The van der Waals surface area contributed by atoms with Crippen LogP contribution in [-0.4, -0.2) is 17.1 Å². The predicted molar refractivity (Wildman–Crippen MR) is 84.8 cm³/mol. The Morgan fingerprint density at radius 1 is 1.24 bits per heavy atom. The Bertz CT molecular complexity index is 659. The van der Waals surface area contributed by atoms with E-state index in [1.165, 1.54) is 12.8 Å². The maximum atomic E-state index is 6.18. The molecule has 0 radical (unpaired) electrons. The maximum Gasteiger partial charge on any atom is 0.135 e. The first-order valence-corrected chi connectivity index (χ1v) is 7.53. The minimum Gasteiger partial charge on any atom is -0.497 e. The molecule has 1 aromatic carbocycles. The van der Waals surface area contributed by atoms with Gasteiger partial charge in [-0.2, -0.15) is 0 Å². The molecule has 6 heteroatoms. The molecule has 21 heavy (non-hydrogen) atoms. The monoisotopic (exact) mass is 323 g/mol. The third kappa shape index (κ3) is 3.77. The summed E-state index contributed by atoms with van der Waals surface area (Å²) in [4.78, 5) is 8.77. The molecule has 0 unspecified atom stereocenters. The van der Waals surface area contributed by atoms with Gasteiger partial charge in [-0.05, 0) is 30.9 Å². The fourth-order valence-corrected chi connectivity index (χ4v) is 2.43. The van der Waals surface area contributed by atoms with Crippen molar-refractivity contribution in [3.8, 4) is 5.75 Å². The van der Waals surface area contributed by atoms with Gasteiger partial charge in [-0.25, -0.2) is 9.97 Å². The van der Waals surface area contributed by atoms with E-state index >= 15 is 0 Å². The third-order valence-corrected chi connectivity index (χ3v) is 3.87. The van der Waals surface area contributed by atoms with Gasteiger partial charge < -0.3 is 10.1 Å². The molecule has 110 valence electrons. The second-order valence-corrected chi connectivity index (χ2v) is 5.90. The number of rotatable bonds is 5. The number of nitrogens with one attached hydrogen (secondary N) is 1. The summed E-state index contributed by atoms with van der Waals surface area (Å²) in [5, 5.41) is 4.20. The zero-order valence-corrected chi connectivity index (χ0v) is 13.1. The summed E-state index contributed by atoms with van der Waals surface area (Å²) in [5.41, 5.74) is 0.725. The van der Waals surface area contributed by atoms with Crippen LogP contribution in [0.15, 0.2) is 24.3 Å². The van der Waals surface area contributed by atoms with Crippen molar-refractivity contribution in [2.75, 3.05) is 12.4 Å². The van der Waals surface area contributed by atoms with Crippen LogP contribution in [0.25, 0.3) is 0 Å². The molecule has 1 aliphatic carbocycles. The molecule has 0 amide bonds. The highest BCUT2D eigenvalue weighted by Gasteiger charge is 2.23. The van der Waals surface area contributed by atoms with E-state index in [-0.39, 0.29) is 0 Å². The van der Waals surface area contributed by atoms with Gasteiger partial charge in [0.2, 0.25) is 0 Å².